The van der Waals surface area contributed by atoms with E-state index in [0.717, 1.165) is 28.2 Å². The van der Waals surface area contributed by atoms with E-state index in [4.69, 9.17) is 0 Å². The smallest absolute Gasteiger partial charge is 0.237 e. The zero-order valence-corrected chi connectivity index (χ0v) is 18.0. The van der Waals surface area contributed by atoms with Gasteiger partial charge in [0.1, 0.15) is 5.41 Å². The van der Waals surface area contributed by atoms with E-state index in [2.05, 4.69) is 15.5 Å². The van der Waals surface area contributed by atoms with Crippen LogP contribution in [0.25, 0.3) is 0 Å². The average Bonchev–Trinajstić information content (AvgIpc) is 3.48. The molecule has 31 heavy (non-hydrogen) atoms. The highest BCUT2D eigenvalue weighted by molar-refractivity contribution is 6.07. The summed E-state index contributed by atoms with van der Waals surface area (Å²) < 4.78 is 3.59. The first-order valence-electron chi connectivity index (χ1n) is 10.6. The number of likely N-dealkylation sites (tertiary alicyclic amines) is 1. The molecule has 2 aliphatic rings. The molecule has 8 nitrogen and oxygen atoms in total. The van der Waals surface area contributed by atoms with Gasteiger partial charge in [0.2, 0.25) is 11.8 Å². The van der Waals surface area contributed by atoms with Crippen LogP contribution in [0.1, 0.15) is 41.4 Å². The highest BCUT2D eigenvalue weighted by atomic mass is 16.2. The molecule has 8 heteroatoms. The predicted molar refractivity (Wildman–Crippen MR) is 115 cm³/mol. The van der Waals surface area contributed by atoms with Gasteiger partial charge in [0.15, 0.2) is 0 Å². The molecule has 160 valence electrons. The molecule has 0 aliphatic carbocycles. The quantitative estimate of drug-likeness (QED) is 0.705. The molecule has 2 atom stereocenters. The lowest BCUT2D eigenvalue weighted by Crippen LogP contribution is -2.42. The Hall–Kier alpha value is -3.42. The summed E-state index contributed by atoms with van der Waals surface area (Å²) in [6.45, 7) is 4.99. The van der Waals surface area contributed by atoms with E-state index in [0.29, 0.717) is 25.9 Å². The van der Waals surface area contributed by atoms with Crippen molar-refractivity contribution in [1.82, 2.24) is 24.5 Å². The third-order valence-corrected chi connectivity index (χ3v) is 6.59. The Balaban J connectivity index is 1.50. The van der Waals surface area contributed by atoms with Crippen molar-refractivity contribution in [2.24, 2.45) is 7.05 Å². The Kier molecular flexibility index (Phi) is 4.46. The normalized spacial score (nSPS) is 22.2. The number of carbonyl (C=O) groups excluding carboxylic acids is 2. The number of nitrogens with one attached hydrogen (secondary N) is 1. The van der Waals surface area contributed by atoms with Gasteiger partial charge in [0.25, 0.3) is 0 Å². The van der Waals surface area contributed by atoms with Crippen molar-refractivity contribution >= 4 is 17.5 Å². The molecule has 0 saturated carbocycles. The van der Waals surface area contributed by atoms with Gasteiger partial charge in [0, 0.05) is 49.7 Å². The first-order valence-corrected chi connectivity index (χ1v) is 10.6. The van der Waals surface area contributed by atoms with Gasteiger partial charge in [-0.2, -0.15) is 10.2 Å². The predicted octanol–water partition coefficient (Wildman–Crippen LogP) is 2.49. The van der Waals surface area contributed by atoms with Crippen molar-refractivity contribution in [1.29, 1.82) is 0 Å². The molecule has 1 aromatic carbocycles. The summed E-state index contributed by atoms with van der Waals surface area (Å²) in [5, 5.41) is 11.8. The molecule has 1 saturated heterocycles. The summed E-state index contributed by atoms with van der Waals surface area (Å²) in [7, 11) is 1.85. The molecule has 2 amide bonds. The summed E-state index contributed by atoms with van der Waals surface area (Å²) in [6, 6.07) is 9.42. The van der Waals surface area contributed by atoms with Crippen LogP contribution in [0.2, 0.25) is 0 Å². The van der Waals surface area contributed by atoms with Crippen LogP contribution in [-0.2, 0) is 28.6 Å². The highest BCUT2D eigenvalue weighted by Gasteiger charge is 2.59. The molecule has 1 spiro atoms. The van der Waals surface area contributed by atoms with Gasteiger partial charge < -0.3 is 10.2 Å². The molecule has 0 bridgehead atoms. The van der Waals surface area contributed by atoms with Crippen LogP contribution in [-0.4, -0.2) is 42.8 Å². The number of aromatic nitrogens is 4. The minimum atomic E-state index is -0.798. The van der Waals surface area contributed by atoms with E-state index in [1.807, 2.05) is 67.0 Å². The number of benzene rings is 1. The largest absolute Gasteiger partial charge is 0.334 e. The molecular weight excluding hydrogens is 392 g/mol. The van der Waals surface area contributed by atoms with Gasteiger partial charge in [-0.1, -0.05) is 18.2 Å². The maximum absolute atomic E-state index is 13.4. The fraction of sp³-hybridized carbons (Fsp3) is 0.391. The first kappa shape index (κ1) is 19.5. The number of fused-ring (bicyclic) bond motifs is 2. The Labute approximate surface area is 180 Å². The molecule has 2 aliphatic heterocycles. The molecule has 2 aromatic heterocycles. The fourth-order valence-electron chi connectivity index (χ4n) is 5.25. The molecule has 1 fully saturated rings. The van der Waals surface area contributed by atoms with Crippen LogP contribution < -0.4 is 5.32 Å². The molecule has 4 heterocycles. The van der Waals surface area contributed by atoms with E-state index < -0.39 is 11.5 Å². The van der Waals surface area contributed by atoms with Crippen molar-refractivity contribution in [2.45, 2.75) is 44.7 Å². The topological polar surface area (TPSA) is 85.0 Å². The number of hydrogen-bond donors (Lipinski definition) is 1. The van der Waals surface area contributed by atoms with Crippen molar-refractivity contribution in [3.63, 3.8) is 0 Å². The third-order valence-electron chi connectivity index (χ3n) is 6.59. The maximum atomic E-state index is 13.4. The number of anilines is 1. The van der Waals surface area contributed by atoms with E-state index >= 15 is 0 Å². The van der Waals surface area contributed by atoms with Crippen LogP contribution in [0, 0.1) is 13.8 Å². The van der Waals surface area contributed by atoms with Gasteiger partial charge >= 0.3 is 0 Å². The van der Waals surface area contributed by atoms with E-state index in [9.17, 15) is 9.59 Å². The Morgan fingerprint density at radius 2 is 2.10 bits per heavy atom. The fourth-order valence-corrected chi connectivity index (χ4v) is 5.25. The Bertz CT molecular complexity index is 1180. The van der Waals surface area contributed by atoms with Gasteiger partial charge in [-0.05, 0) is 38.0 Å². The number of rotatable bonds is 4. The molecule has 1 N–H and O–H groups in total. The zero-order chi connectivity index (χ0) is 21.8. The zero-order valence-electron chi connectivity index (χ0n) is 18.0. The maximum Gasteiger partial charge on any atom is 0.237 e. The number of nitrogens with zero attached hydrogens (tertiary/aromatic N) is 5. The summed E-state index contributed by atoms with van der Waals surface area (Å²) >= 11 is 0. The Morgan fingerprint density at radius 1 is 1.29 bits per heavy atom. The van der Waals surface area contributed by atoms with Crippen molar-refractivity contribution < 1.29 is 9.59 Å². The lowest BCUT2D eigenvalue weighted by molar-refractivity contribution is -0.133. The standard InChI is InChI=1S/C23H26N6O2/c1-15-12-16(2)29(26-15)10-8-20(30)28-11-9-23(21(28)17-13-24-27(3)14-17)18-6-4-5-7-19(18)25-22(23)31/h4-7,12-14,21H,8-11H2,1-3H3,(H,25,31)/t21-,23+/m0/s1. The van der Waals surface area contributed by atoms with Gasteiger partial charge in [-0.25, -0.2) is 0 Å². The van der Waals surface area contributed by atoms with Crippen molar-refractivity contribution in [2.75, 3.05) is 11.9 Å². The molecule has 5 rings (SSSR count). The molecule has 0 unspecified atom stereocenters. The van der Waals surface area contributed by atoms with Gasteiger partial charge in [-0.15, -0.1) is 0 Å². The highest BCUT2D eigenvalue weighted by Crippen LogP contribution is 2.54. The summed E-state index contributed by atoms with van der Waals surface area (Å²) in [5.74, 6) is -0.0214. The van der Waals surface area contributed by atoms with Crippen molar-refractivity contribution in [3.05, 3.63) is 65.2 Å². The minimum absolute atomic E-state index is 0.0236. The van der Waals surface area contributed by atoms with Crippen molar-refractivity contribution in [3.8, 4) is 0 Å². The van der Waals surface area contributed by atoms with Crippen LogP contribution in [0.15, 0.2) is 42.7 Å². The van der Waals surface area contributed by atoms with Crippen LogP contribution in [0.3, 0.4) is 0 Å². The van der Waals surface area contributed by atoms with E-state index in [1.165, 1.54) is 0 Å². The molecular formula is C23H26N6O2. The number of carbonyl (C=O) groups is 2. The lowest BCUT2D eigenvalue weighted by atomic mass is 9.73. The number of hydrogen-bond acceptors (Lipinski definition) is 4. The van der Waals surface area contributed by atoms with E-state index in [-0.39, 0.29) is 11.8 Å². The number of para-hydroxylation sites is 1. The number of aryl methyl sites for hydroxylation is 4. The average molecular weight is 419 g/mol. The van der Waals surface area contributed by atoms with E-state index in [1.54, 1.807) is 10.9 Å². The summed E-state index contributed by atoms with van der Waals surface area (Å²) in [5.41, 5.74) is 3.86. The van der Waals surface area contributed by atoms with Crippen LogP contribution in [0.5, 0.6) is 0 Å². The SMILES string of the molecule is Cc1cc(C)n(CCC(=O)N2CC[C@]3(C(=O)Nc4ccccc43)[C@@H]2c2cnn(C)c2)n1. The molecule has 0 radical (unpaired) electrons. The Morgan fingerprint density at radius 3 is 2.81 bits per heavy atom. The van der Waals surface area contributed by atoms with Crippen LogP contribution >= 0.6 is 0 Å². The second-order valence-electron chi connectivity index (χ2n) is 8.56. The number of amides is 2. The lowest BCUT2D eigenvalue weighted by Gasteiger charge is -2.33. The van der Waals surface area contributed by atoms with Gasteiger partial charge in [-0.3, -0.25) is 19.0 Å². The first-order chi connectivity index (χ1) is 14.9. The van der Waals surface area contributed by atoms with Gasteiger partial charge in [0.05, 0.1) is 17.9 Å². The monoisotopic (exact) mass is 418 g/mol. The van der Waals surface area contributed by atoms with Crippen LogP contribution in [0.4, 0.5) is 5.69 Å². The summed E-state index contributed by atoms with van der Waals surface area (Å²) in [6.07, 6.45) is 4.60. The molecule has 3 aromatic rings. The summed E-state index contributed by atoms with van der Waals surface area (Å²) in [4.78, 5) is 28.6. The minimum Gasteiger partial charge on any atom is -0.334 e. The third kappa shape index (κ3) is 2.97. The second kappa shape index (κ2) is 7.08. The second-order valence-corrected chi connectivity index (χ2v) is 8.56.